The summed E-state index contributed by atoms with van der Waals surface area (Å²) in [5.74, 6) is 0. The van der Waals surface area contributed by atoms with Gasteiger partial charge in [0.2, 0.25) is 0 Å². The quantitative estimate of drug-likeness (QED) is 0.173. The fourth-order valence-corrected chi connectivity index (χ4v) is 6.65. The van der Waals surface area contributed by atoms with Crippen LogP contribution in [0.5, 0.6) is 0 Å². The predicted molar refractivity (Wildman–Crippen MR) is 177 cm³/mol. The highest BCUT2D eigenvalue weighted by Gasteiger charge is 2.43. The van der Waals surface area contributed by atoms with Gasteiger partial charge in [0.25, 0.3) is 0 Å². The second-order valence-corrected chi connectivity index (χ2v) is 17.1. The van der Waals surface area contributed by atoms with Crippen LogP contribution in [0.3, 0.4) is 0 Å². The van der Waals surface area contributed by atoms with Crippen LogP contribution in [-0.2, 0) is 16.2 Å². The van der Waals surface area contributed by atoms with Gasteiger partial charge in [-0.05, 0) is 82.7 Å². The Bertz CT molecular complexity index is 1050. The Balaban J connectivity index is 2.01. The van der Waals surface area contributed by atoms with Crippen LogP contribution in [-0.4, -0.2) is 64.3 Å². The summed E-state index contributed by atoms with van der Waals surface area (Å²) in [5, 5.41) is 0. The minimum absolute atomic E-state index is 0.129. The first-order valence-electron chi connectivity index (χ1n) is 16.2. The molecule has 0 radical (unpaired) electrons. The number of nitrogens with zero attached hydrogens (tertiary/aromatic N) is 2. The molecule has 0 aliphatic heterocycles. The Labute approximate surface area is 249 Å². The molecule has 0 bridgehead atoms. The Hall–Kier alpha value is -1.64. The maximum Gasteiger partial charge on any atom is 0.0780 e. The van der Waals surface area contributed by atoms with Gasteiger partial charge in [0.15, 0.2) is 0 Å². The second kappa shape index (κ2) is 12.3. The van der Waals surface area contributed by atoms with E-state index in [1.807, 2.05) is 0 Å². The summed E-state index contributed by atoms with van der Waals surface area (Å²) in [7, 11) is 13.9. The third kappa shape index (κ3) is 8.45. The molecule has 0 unspecified atom stereocenters. The standard InChI is InChI=1S/C38H64N2/c1-36(2,3)30-20-22-32-33-23-21-31(37(4,5)6)29-35(33)38(34(32)28-30,25-17-15-19-27-40(10,11)12)24-16-13-14-18-26-39(7,8)9/h20-23,28-29H,13-19,24-27H2,1-12H3/q+2. The van der Waals surface area contributed by atoms with E-state index in [0.717, 1.165) is 8.97 Å². The van der Waals surface area contributed by atoms with Gasteiger partial charge in [0, 0.05) is 5.41 Å². The topological polar surface area (TPSA) is 0 Å². The van der Waals surface area contributed by atoms with Gasteiger partial charge in [-0.1, -0.05) is 97.2 Å². The molecule has 0 fully saturated rings. The van der Waals surface area contributed by atoms with Gasteiger partial charge in [-0.2, -0.15) is 0 Å². The highest BCUT2D eigenvalue weighted by atomic mass is 15.3. The monoisotopic (exact) mass is 549 g/mol. The smallest absolute Gasteiger partial charge is 0.0780 e. The third-order valence-corrected chi connectivity index (χ3v) is 9.21. The molecule has 0 amide bonds. The molecule has 2 heteroatoms. The van der Waals surface area contributed by atoms with Gasteiger partial charge in [-0.3, -0.25) is 0 Å². The van der Waals surface area contributed by atoms with Crippen LogP contribution in [0.4, 0.5) is 0 Å². The van der Waals surface area contributed by atoms with Crippen molar-refractivity contribution in [3.8, 4) is 11.1 Å². The lowest BCUT2D eigenvalue weighted by molar-refractivity contribution is -0.870. The maximum atomic E-state index is 2.62. The zero-order valence-electron chi connectivity index (χ0n) is 28.6. The van der Waals surface area contributed by atoms with Crippen molar-refractivity contribution in [1.29, 1.82) is 0 Å². The van der Waals surface area contributed by atoms with Gasteiger partial charge < -0.3 is 8.97 Å². The van der Waals surface area contributed by atoms with Crippen LogP contribution >= 0.6 is 0 Å². The molecule has 40 heavy (non-hydrogen) atoms. The van der Waals surface area contributed by atoms with E-state index in [-0.39, 0.29) is 16.2 Å². The summed E-state index contributed by atoms with van der Waals surface area (Å²) in [5.41, 5.74) is 9.64. The summed E-state index contributed by atoms with van der Waals surface area (Å²) in [4.78, 5) is 0. The van der Waals surface area contributed by atoms with Crippen LogP contribution in [0.2, 0.25) is 0 Å². The number of benzene rings is 2. The molecule has 1 aliphatic rings. The van der Waals surface area contributed by atoms with Crippen molar-refractivity contribution in [3.63, 3.8) is 0 Å². The number of rotatable bonds is 13. The van der Waals surface area contributed by atoms with E-state index >= 15 is 0 Å². The van der Waals surface area contributed by atoms with Crippen molar-refractivity contribution < 1.29 is 8.97 Å². The van der Waals surface area contributed by atoms with Crippen molar-refractivity contribution >= 4 is 0 Å². The average molecular weight is 549 g/mol. The molecule has 2 aromatic rings. The molecule has 0 saturated heterocycles. The highest BCUT2D eigenvalue weighted by Crippen LogP contribution is 2.55. The van der Waals surface area contributed by atoms with Crippen molar-refractivity contribution in [2.45, 2.75) is 116 Å². The zero-order valence-corrected chi connectivity index (χ0v) is 28.6. The van der Waals surface area contributed by atoms with Crippen molar-refractivity contribution in [2.24, 2.45) is 0 Å². The minimum atomic E-state index is 0.129. The van der Waals surface area contributed by atoms with Gasteiger partial charge in [0.05, 0.1) is 55.4 Å². The average Bonchev–Trinajstić information content (AvgIpc) is 3.07. The van der Waals surface area contributed by atoms with Crippen LogP contribution in [0.1, 0.15) is 122 Å². The molecule has 0 atom stereocenters. The first kappa shape index (κ1) is 32.9. The SMILES string of the molecule is CC(C)(C)c1ccc2c(c1)C(CCCCCC[N+](C)(C)C)(CCCCC[N+](C)(C)C)c1cc(C(C)(C)C)ccc1-2. The van der Waals surface area contributed by atoms with E-state index < -0.39 is 0 Å². The van der Waals surface area contributed by atoms with E-state index in [4.69, 9.17) is 0 Å². The molecule has 0 N–H and O–H groups in total. The van der Waals surface area contributed by atoms with Crippen molar-refractivity contribution in [2.75, 3.05) is 55.4 Å². The van der Waals surface area contributed by atoms with E-state index in [0.29, 0.717) is 0 Å². The Morgan fingerprint density at radius 2 is 0.850 bits per heavy atom. The summed E-state index contributed by atoms with van der Waals surface area (Å²) in [6, 6.07) is 15.0. The van der Waals surface area contributed by atoms with Crippen LogP contribution in [0.15, 0.2) is 36.4 Å². The lowest BCUT2D eigenvalue weighted by Crippen LogP contribution is -2.35. The molecule has 2 nitrogen and oxygen atoms in total. The molecule has 0 aromatic heterocycles. The number of unbranched alkanes of at least 4 members (excludes halogenated alkanes) is 5. The second-order valence-electron chi connectivity index (χ2n) is 17.1. The molecular formula is C38H64N2+2. The van der Waals surface area contributed by atoms with Crippen LogP contribution in [0, 0.1) is 0 Å². The van der Waals surface area contributed by atoms with E-state index in [1.54, 1.807) is 11.1 Å². The van der Waals surface area contributed by atoms with Gasteiger partial charge in [0.1, 0.15) is 0 Å². The maximum absolute atomic E-state index is 2.62. The molecule has 1 aliphatic carbocycles. The zero-order chi connectivity index (χ0) is 30.0. The lowest BCUT2D eigenvalue weighted by Gasteiger charge is -2.35. The van der Waals surface area contributed by atoms with E-state index in [9.17, 15) is 0 Å². The Morgan fingerprint density at radius 3 is 1.20 bits per heavy atom. The minimum Gasteiger partial charge on any atom is -0.331 e. The van der Waals surface area contributed by atoms with Crippen LogP contribution < -0.4 is 0 Å². The molecule has 0 heterocycles. The lowest BCUT2D eigenvalue weighted by atomic mass is 9.69. The molecule has 0 saturated carbocycles. The number of hydrogen-bond donors (Lipinski definition) is 0. The highest BCUT2D eigenvalue weighted by molar-refractivity contribution is 5.82. The Morgan fingerprint density at radius 1 is 0.500 bits per heavy atom. The number of fused-ring (bicyclic) bond motifs is 3. The Kier molecular flexibility index (Phi) is 10.1. The third-order valence-electron chi connectivity index (χ3n) is 9.21. The molecule has 2 aromatic carbocycles. The van der Waals surface area contributed by atoms with E-state index in [1.165, 1.54) is 93.1 Å². The summed E-state index contributed by atoms with van der Waals surface area (Å²) < 4.78 is 2.14. The van der Waals surface area contributed by atoms with Crippen LogP contribution in [0.25, 0.3) is 11.1 Å². The largest absolute Gasteiger partial charge is 0.331 e. The van der Waals surface area contributed by atoms with Gasteiger partial charge >= 0.3 is 0 Å². The van der Waals surface area contributed by atoms with E-state index in [2.05, 4.69) is 120 Å². The summed E-state index contributed by atoms with van der Waals surface area (Å²) >= 11 is 0. The summed E-state index contributed by atoms with van der Waals surface area (Å²) in [6.07, 6.45) is 11.8. The fraction of sp³-hybridized carbons (Fsp3) is 0.684. The fourth-order valence-electron chi connectivity index (χ4n) is 6.65. The summed E-state index contributed by atoms with van der Waals surface area (Å²) in [6.45, 7) is 16.7. The molecule has 0 spiro atoms. The van der Waals surface area contributed by atoms with Gasteiger partial charge in [-0.15, -0.1) is 0 Å². The van der Waals surface area contributed by atoms with Crippen molar-refractivity contribution in [1.82, 2.24) is 0 Å². The number of quaternary nitrogens is 2. The molecule has 3 rings (SSSR count). The van der Waals surface area contributed by atoms with Gasteiger partial charge in [-0.25, -0.2) is 0 Å². The number of hydrogen-bond acceptors (Lipinski definition) is 0. The first-order valence-corrected chi connectivity index (χ1v) is 16.2. The molecule has 224 valence electrons. The normalized spacial score (nSPS) is 15.3. The first-order chi connectivity index (χ1) is 18.3. The van der Waals surface area contributed by atoms with Crippen molar-refractivity contribution in [3.05, 3.63) is 58.7 Å². The molecular weight excluding hydrogens is 484 g/mol. The predicted octanol–water partition coefficient (Wildman–Crippen LogP) is 9.47.